The molecule has 4 rings (SSSR count). The molecule has 0 radical (unpaired) electrons. The molecule has 2 N–H and O–H groups in total. The quantitative estimate of drug-likeness (QED) is 0.698. The molecule has 1 aromatic heterocycles. The van der Waals surface area contributed by atoms with Crippen LogP contribution in [0.2, 0.25) is 0 Å². The lowest BCUT2D eigenvalue weighted by Crippen LogP contribution is -2.47. The molecule has 0 saturated carbocycles. The van der Waals surface area contributed by atoms with Crippen molar-refractivity contribution in [3.63, 3.8) is 0 Å². The highest BCUT2D eigenvalue weighted by molar-refractivity contribution is 5.89. The monoisotopic (exact) mass is 405 g/mol. The number of para-hydroxylation sites is 2. The van der Waals surface area contributed by atoms with Crippen LogP contribution in [0, 0.1) is 0 Å². The van der Waals surface area contributed by atoms with Crippen LogP contribution in [0.15, 0.2) is 53.3 Å². The van der Waals surface area contributed by atoms with Crippen LogP contribution in [0.4, 0.5) is 16.3 Å². The molecular weight excluding hydrogens is 378 g/mol. The van der Waals surface area contributed by atoms with Gasteiger partial charge in [-0.3, -0.25) is 4.79 Å². The van der Waals surface area contributed by atoms with Crippen LogP contribution in [0.25, 0.3) is 11.0 Å². The Balaban J connectivity index is 1.38. The second kappa shape index (κ2) is 8.57. The number of rotatable bonds is 4. The zero-order valence-corrected chi connectivity index (χ0v) is 17.4. The highest BCUT2D eigenvalue weighted by Crippen LogP contribution is 2.18. The van der Waals surface area contributed by atoms with Gasteiger partial charge in [-0.25, -0.2) is 9.78 Å². The largest absolute Gasteiger partial charge is 0.352 e. The van der Waals surface area contributed by atoms with Crippen LogP contribution >= 0.6 is 0 Å². The number of benzene rings is 2. The van der Waals surface area contributed by atoms with Crippen LogP contribution in [-0.4, -0.2) is 34.7 Å². The van der Waals surface area contributed by atoms with Gasteiger partial charge in [0.2, 0.25) is 0 Å². The van der Waals surface area contributed by atoms with E-state index >= 15 is 0 Å². The first kappa shape index (κ1) is 19.9. The van der Waals surface area contributed by atoms with Crippen molar-refractivity contribution in [2.45, 2.75) is 32.2 Å². The second-order valence-electron chi connectivity index (χ2n) is 7.70. The van der Waals surface area contributed by atoms with Gasteiger partial charge in [-0.2, -0.15) is 0 Å². The molecule has 1 saturated heterocycles. The van der Waals surface area contributed by atoms with Crippen LogP contribution in [0.1, 0.15) is 25.3 Å². The van der Waals surface area contributed by atoms with Gasteiger partial charge in [-0.15, -0.1) is 0 Å². The molecule has 7 heteroatoms. The highest BCUT2D eigenvalue weighted by Gasteiger charge is 2.24. The molecule has 0 bridgehead atoms. The van der Waals surface area contributed by atoms with Crippen molar-refractivity contribution < 1.29 is 4.79 Å². The number of amides is 2. The summed E-state index contributed by atoms with van der Waals surface area (Å²) in [6, 6.07) is 15.4. The van der Waals surface area contributed by atoms with Crippen molar-refractivity contribution in [2.75, 3.05) is 23.3 Å². The van der Waals surface area contributed by atoms with E-state index in [-0.39, 0.29) is 17.6 Å². The summed E-state index contributed by atoms with van der Waals surface area (Å²) in [6.45, 7) is 3.44. The Hall–Kier alpha value is -3.35. The maximum absolute atomic E-state index is 12.8. The standard InChI is InChI=1S/C23H27N5O2/c1-3-16-7-6-8-18(15-16)25-23(30)24-17-11-13-28(14-12-17)21-22(29)27(2)20-10-5-4-9-19(20)26-21/h4-10,15,17H,3,11-14H2,1-2H3,(H2,24,25,30). The number of nitrogens with zero attached hydrogens (tertiary/aromatic N) is 3. The third kappa shape index (κ3) is 4.15. The van der Waals surface area contributed by atoms with Gasteiger partial charge >= 0.3 is 6.03 Å². The predicted octanol–water partition coefficient (Wildman–Crippen LogP) is 3.29. The van der Waals surface area contributed by atoms with Gasteiger partial charge in [0.15, 0.2) is 5.82 Å². The summed E-state index contributed by atoms with van der Waals surface area (Å²) in [5.41, 5.74) is 3.53. The second-order valence-corrected chi connectivity index (χ2v) is 7.70. The first-order valence-corrected chi connectivity index (χ1v) is 10.4. The van der Waals surface area contributed by atoms with Crippen LogP contribution in [-0.2, 0) is 13.5 Å². The third-order valence-electron chi connectivity index (χ3n) is 5.69. The molecule has 30 heavy (non-hydrogen) atoms. The number of aryl methyl sites for hydroxylation is 2. The molecule has 1 aliphatic rings. The molecule has 1 aliphatic heterocycles. The molecule has 2 amide bonds. The first-order valence-electron chi connectivity index (χ1n) is 10.4. The summed E-state index contributed by atoms with van der Waals surface area (Å²) in [5.74, 6) is 0.482. The zero-order chi connectivity index (χ0) is 21.1. The number of aromatic nitrogens is 2. The Morgan fingerprint density at radius 3 is 2.67 bits per heavy atom. The molecular formula is C23H27N5O2. The van der Waals surface area contributed by atoms with Crippen molar-refractivity contribution in [1.29, 1.82) is 0 Å². The SMILES string of the molecule is CCc1cccc(NC(=O)NC2CCN(c3nc4ccccc4n(C)c3=O)CC2)c1. The fourth-order valence-corrected chi connectivity index (χ4v) is 3.93. The molecule has 1 fully saturated rings. The van der Waals surface area contributed by atoms with Crippen LogP contribution in [0.3, 0.4) is 0 Å². The molecule has 0 unspecified atom stereocenters. The van der Waals surface area contributed by atoms with E-state index in [2.05, 4.69) is 22.5 Å². The predicted molar refractivity (Wildman–Crippen MR) is 120 cm³/mol. The maximum atomic E-state index is 12.8. The normalized spacial score (nSPS) is 14.7. The minimum absolute atomic E-state index is 0.0694. The Morgan fingerprint density at radius 1 is 1.13 bits per heavy atom. The Kier molecular flexibility index (Phi) is 5.70. The van der Waals surface area contributed by atoms with E-state index in [9.17, 15) is 9.59 Å². The van der Waals surface area contributed by atoms with E-state index in [0.717, 1.165) is 36.0 Å². The lowest BCUT2D eigenvalue weighted by molar-refractivity contribution is 0.246. The van der Waals surface area contributed by atoms with Gasteiger partial charge < -0.3 is 20.1 Å². The average Bonchev–Trinajstić information content (AvgIpc) is 2.77. The highest BCUT2D eigenvalue weighted by atomic mass is 16.2. The molecule has 7 nitrogen and oxygen atoms in total. The van der Waals surface area contributed by atoms with Crippen molar-refractivity contribution in [1.82, 2.24) is 14.9 Å². The molecule has 0 spiro atoms. The van der Waals surface area contributed by atoms with Gasteiger partial charge in [0.25, 0.3) is 5.56 Å². The minimum Gasteiger partial charge on any atom is -0.352 e. The van der Waals surface area contributed by atoms with Crippen LogP contribution in [0.5, 0.6) is 0 Å². The number of nitrogens with one attached hydrogen (secondary N) is 2. The van der Waals surface area contributed by atoms with E-state index in [1.54, 1.807) is 11.6 Å². The lowest BCUT2D eigenvalue weighted by Gasteiger charge is -2.33. The lowest BCUT2D eigenvalue weighted by atomic mass is 10.1. The summed E-state index contributed by atoms with van der Waals surface area (Å²) in [7, 11) is 1.78. The van der Waals surface area contributed by atoms with Gasteiger partial charge in [0, 0.05) is 31.9 Å². The fourth-order valence-electron chi connectivity index (χ4n) is 3.93. The van der Waals surface area contributed by atoms with Crippen molar-refractivity contribution in [3.05, 3.63) is 64.4 Å². The van der Waals surface area contributed by atoms with Gasteiger partial charge in [-0.1, -0.05) is 31.2 Å². The smallest absolute Gasteiger partial charge is 0.319 e. The summed E-state index contributed by atoms with van der Waals surface area (Å²) >= 11 is 0. The molecule has 3 aromatic rings. The number of anilines is 2. The number of carbonyl (C=O) groups is 1. The number of carbonyl (C=O) groups excluding carboxylic acids is 1. The third-order valence-corrected chi connectivity index (χ3v) is 5.69. The summed E-state index contributed by atoms with van der Waals surface area (Å²) in [5, 5.41) is 5.97. The summed E-state index contributed by atoms with van der Waals surface area (Å²) < 4.78 is 1.65. The molecule has 0 aliphatic carbocycles. The summed E-state index contributed by atoms with van der Waals surface area (Å²) in [6.07, 6.45) is 2.46. The van der Waals surface area contributed by atoms with Crippen molar-refractivity contribution >= 4 is 28.6 Å². The molecule has 2 heterocycles. The number of piperidine rings is 1. The number of fused-ring (bicyclic) bond motifs is 1. The number of urea groups is 1. The van der Waals surface area contributed by atoms with E-state index in [0.29, 0.717) is 18.9 Å². The molecule has 0 atom stereocenters. The summed E-state index contributed by atoms with van der Waals surface area (Å²) in [4.78, 5) is 31.8. The minimum atomic E-state index is -0.193. The first-order chi connectivity index (χ1) is 14.5. The zero-order valence-electron chi connectivity index (χ0n) is 17.4. The maximum Gasteiger partial charge on any atom is 0.319 e. The number of hydrogen-bond acceptors (Lipinski definition) is 4. The fraction of sp³-hybridized carbons (Fsp3) is 0.348. The number of hydrogen-bond donors (Lipinski definition) is 2. The average molecular weight is 406 g/mol. The Bertz CT molecular complexity index is 1120. The van der Waals surface area contributed by atoms with Gasteiger partial charge in [0.1, 0.15) is 0 Å². The molecule has 2 aromatic carbocycles. The van der Waals surface area contributed by atoms with E-state index in [4.69, 9.17) is 0 Å². The Morgan fingerprint density at radius 2 is 1.90 bits per heavy atom. The van der Waals surface area contributed by atoms with E-state index in [1.807, 2.05) is 53.4 Å². The van der Waals surface area contributed by atoms with Crippen molar-refractivity contribution in [3.8, 4) is 0 Å². The van der Waals surface area contributed by atoms with Crippen molar-refractivity contribution in [2.24, 2.45) is 7.05 Å². The topological polar surface area (TPSA) is 79.3 Å². The Labute approximate surface area is 175 Å². The van der Waals surface area contributed by atoms with Gasteiger partial charge in [0.05, 0.1) is 11.0 Å². The molecule has 156 valence electrons. The van der Waals surface area contributed by atoms with Gasteiger partial charge in [-0.05, 0) is 49.1 Å². The van der Waals surface area contributed by atoms with E-state index in [1.165, 1.54) is 5.56 Å². The van der Waals surface area contributed by atoms with Crippen LogP contribution < -0.4 is 21.1 Å². The van der Waals surface area contributed by atoms with E-state index < -0.39 is 0 Å².